The van der Waals surface area contributed by atoms with E-state index in [4.69, 9.17) is 4.74 Å². The Balaban J connectivity index is 0.00000261. The van der Waals surface area contributed by atoms with Gasteiger partial charge >= 0.3 is 0 Å². The third kappa shape index (κ3) is 6.68. The van der Waals surface area contributed by atoms with Crippen molar-refractivity contribution in [3.05, 3.63) is 17.5 Å². The summed E-state index contributed by atoms with van der Waals surface area (Å²) in [5, 5.41) is 10.8. The summed E-state index contributed by atoms with van der Waals surface area (Å²) in [6, 6.07) is 4.86. The predicted molar refractivity (Wildman–Crippen MR) is 130 cm³/mol. The Labute approximate surface area is 189 Å². The number of hydrogen-bond donors (Lipinski definition) is 2. The van der Waals surface area contributed by atoms with Crippen LogP contribution < -0.4 is 15.5 Å². The molecule has 2 aliphatic rings. The molecule has 2 saturated heterocycles. The minimum Gasteiger partial charge on any atom is -0.381 e. The van der Waals surface area contributed by atoms with Crippen LogP contribution in [-0.2, 0) is 4.74 Å². The molecular weight excluding hydrogens is 491 g/mol. The summed E-state index contributed by atoms with van der Waals surface area (Å²) >= 11 is 3.90. The zero-order valence-electron chi connectivity index (χ0n) is 16.4. The van der Waals surface area contributed by atoms with Gasteiger partial charge in [-0.3, -0.25) is 4.99 Å². The van der Waals surface area contributed by atoms with Gasteiger partial charge < -0.3 is 20.3 Å². The van der Waals surface area contributed by atoms with E-state index in [-0.39, 0.29) is 28.7 Å². The SMILES string of the molecule is CCSC1(CNC(=NC)NC2CCN(c3cccs3)CC2)CCOCC1.I. The van der Waals surface area contributed by atoms with Crippen LogP contribution in [0.5, 0.6) is 0 Å². The first-order chi connectivity index (χ1) is 12.7. The predicted octanol–water partition coefficient (Wildman–Crippen LogP) is 3.80. The van der Waals surface area contributed by atoms with Crippen molar-refractivity contribution < 1.29 is 4.74 Å². The Hall–Kier alpha value is -0.190. The van der Waals surface area contributed by atoms with Gasteiger partial charge in [0.05, 0.1) is 5.00 Å². The summed E-state index contributed by atoms with van der Waals surface area (Å²) in [4.78, 5) is 6.96. The number of anilines is 1. The molecule has 2 fully saturated rings. The molecule has 0 saturated carbocycles. The fourth-order valence-electron chi connectivity index (χ4n) is 3.75. The molecule has 5 nitrogen and oxygen atoms in total. The van der Waals surface area contributed by atoms with Crippen LogP contribution in [0, 0.1) is 0 Å². The topological polar surface area (TPSA) is 48.9 Å². The highest BCUT2D eigenvalue weighted by atomic mass is 127. The minimum absolute atomic E-state index is 0. The van der Waals surface area contributed by atoms with Crippen molar-refractivity contribution in [1.82, 2.24) is 10.6 Å². The van der Waals surface area contributed by atoms with Crippen LogP contribution in [0.1, 0.15) is 32.6 Å². The molecule has 3 rings (SSSR count). The van der Waals surface area contributed by atoms with Gasteiger partial charge in [-0.15, -0.1) is 35.3 Å². The van der Waals surface area contributed by atoms with Crippen LogP contribution in [0.4, 0.5) is 5.00 Å². The highest BCUT2D eigenvalue weighted by molar-refractivity contribution is 14.0. The van der Waals surface area contributed by atoms with E-state index in [0.29, 0.717) is 6.04 Å². The van der Waals surface area contributed by atoms with E-state index < -0.39 is 0 Å². The van der Waals surface area contributed by atoms with Gasteiger partial charge in [0.1, 0.15) is 0 Å². The highest BCUT2D eigenvalue weighted by Crippen LogP contribution is 2.34. The number of rotatable bonds is 6. The van der Waals surface area contributed by atoms with Gasteiger partial charge in [-0.1, -0.05) is 6.92 Å². The van der Waals surface area contributed by atoms with Crippen molar-refractivity contribution in [1.29, 1.82) is 0 Å². The Morgan fingerprint density at radius 2 is 2.11 bits per heavy atom. The van der Waals surface area contributed by atoms with E-state index in [1.54, 1.807) is 0 Å². The Bertz CT molecular complexity index is 551. The standard InChI is InChI=1S/C19H32N4OS2.HI/c1-3-26-19(8-12-24-13-9-19)15-21-18(20-2)22-16-6-10-23(11-7-16)17-5-4-14-25-17;/h4-5,14,16H,3,6-13,15H2,1-2H3,(H2,20,21,22);1H. The monoisotopic (exact) mass is 524 g/mol. The lowest BCUT2D eigenvalue weighted by Crippen LogP contribution is -2.52. The average molecular weight is 525 g/mol. The quantitative estimate of drug-likeness (QED) is 0.337. The van der Waals surface area contributed by atoms with Gasteiger partial charge in [0.15, 0.2) is 5.96 Å². The van der Waals surface area contributed by atoms with Gasteiger partial charge in [-0.2, -0.15) is 11.8 Å². The Morgan fingerprint density at radius 3 is 2.70 bits per heavy atom. The van der Waals surface area contributed by atoms with Crippen LogP contribution in [0.15, 0.2) is 22.5 Å². The molecule has 2 aliphatic heterocycles. The maximum atomic E-state index is 5.58. The molecule has 2 N–H and O–H groups in total. The zero-order chi connectivity index (χ0) is 18.2. The lowest BCUT2D eigenvalue weighted by Gasteiger charge is -2.38. The molecule has 3 heterocycles. The normalized spacial score (nSPS) is 20.8. The number of guanidine groups is 1. The fraction of sp³-hybridized carbons (Fsp3) is 0.737. The molecular formula is C19H33IN4OS2. The summed E-state index contributed by atoms with van der Waals surface area (Å²) in [6.07, 6.45) is 4.55. The van der Waals surface area contributed by atoms with E-state index >= 15 is 0 Å². The van der Waals surface area contributed by atoms with E-state index in [9.17, 15) is 0 Å². The minimum atomic E-state index is 0. The zero-order valence-corrected chi connectivity index (χ0v) is 20.4. The van der Waals surface area contributed by atoms with Crippen molar-refractivity contribution >= 4 is 58.0 Å². The summed E-state index contributed by atoms with van der Waals surface area (Å²) in [7, 11) is 1.87. The summed E-state index contributed by atoms with van der Waals surface area (Å²) in [5.74, 6) is 2.09. The molecule has 0 unspecified atom stereocenters. The number of nitrogens with zero attached hydrogens (tertiary/aromatic N) is 2. The van der Waals surface area contributed by atoms with Gasteiger partial charge in [0.2, 0.25) is 0 Å². The lowest BCUT2D eigenvalue weighted by atomic mass is 9.99. The lowest BCUT2D eigenvalue weighted by molar-refractivity contribution is 0.0782. The molecule has 8 heteroatoms. The van der Waals surface area contributed by atoms with Gasteiger partial charge in [0, 0.05) is 50.7 Å². The summed E-state index contributed by atoms with van der Waals surface area (Å²) in [6.45, 7) is 7.19. The Morgan fingerprint density at radius 1 is 1.37 bits per heavy atom. The molecule has 1 aromatic heterocycles. The number of aliphatic imine (C=N–C) groups is 1. The Kier molecular flexibility index (Phi) is 10.0. The maximum Gasteiger partial charge on any atom is 0.191 e. The largest absolute Gasteiger partial charge is 0.381 e. The van der Waals surface area contributed by atoms with Crippen LogP contribution in [0.2, 0.25) is 0 Å². The number of ether oxygens (including phenoxy) is 1. The number of hydrogen-bond acceptors (Lipinski definition) is 5. The first-order valence-electron chi connectivity index (χ1n) is 9.72. The molecule has 154 valence electrons. The van der Waals surface area contributed by atoms with E-state index in [2.05, 4.69) is 56.7 Å². The molecule has 0 amide bonds. The van der Waals surface area contributed by atoms with Crippen molar-refractivity contribution in [2.45, 2.75) is 43.4 Å². The van der Waals surface area contributed by atoms with Crippen molar-refractivity contribution in [3.8, 4) is 0 Å². The van der Waals surface area contributed by atoms with Crippen LogP contribution in [0.25, 0.3) is 0 Å². The summed E-state index contributed by atoms with van der Waals surface area (Å²) < 4.78 is 5.86. The molecule has 0 radical (unpaired) electrons. The summed E-state index contributed by atoms with van der Waals surface area (Å²) in [5.41, 5.74) is 0. The fourth-order valence-corrected chi connectivity index (χ4v) is 5.78. The van der Waals surface area contributed by atoms with E-state index in [0.717, 1.165) is 70.2 Å². The first-order valence-corrected chi connectivity index (χ1v) is 11.6. The number of piperidine rings is 1. The van der Waals surface area contributed by atoms with Gasteiger partial charge in [-0.05, 0) is 48.9 Å². The van der Waals surface area contributed by atoms with Crippen molar-refractivity contribution in [3.63, 3.8) is 0 Å². The number of nitrogens with one attached hydrogen (secondary N) is 2. The smallest absolute Gasteiger partial charge is 0.191 e. The van der Waals surface area contributed by atoms with Crippen molar-refractivity contribution in [2.24, 2.45) is 4.99 Å². The van der Waals surface area contributed by atoms with Gasteiger partial charge in [0.25, 0.3) is 0 Å². The first kappa shape index (κ1) is 23.1. The van der Waals surface area contributed by atoms with Crippen molar-refractivity contribution in [2.75, 3.05) is 50.5 Å². The van der Waals surface area contributed by atoms with E-state index in [1.165, 1.54) is 5.00 Å². The molecule has 0 aromatic carbocycles. The number of thioether (sulfide) groups is 1. The van der Waals surface area contributed by atoms with Crippen LogP contribution in [-0.4, -0.2) is 62.4 Å². The van der Waals surface area contributed by atoms with Gasteiger partial charge in [-0.25, -0.2) is 0 Å². The highest BCUT2D eigenvalue weighted by Gasteiger charge is 2.33. The second-order valence-electron chi connectivity index (χ2n) is 7.01. The van der Waals surface area contributed by atoms with Crippen LogP contribution in [0.3, 0.4) is 0 Å². The molecule has 0 atom stereocenters. The third-order valence-corrected chi connectivity index (χ3v) is 7.69. The number of thiophene rings is 1. The molecule has 1 aromatic rings. The molecule has 0 spiro atoms. The second-order valence-corrected chi connectivity index (χ2v) is 9.67. The maximum absolute atomic E-state index is 5.58. The molecule has 0 bridgehead atoms. The number of halogens is 1. The third-order valence-electron chi connectivity index (χ3n) is 5.31. The average Bonchev–Trinajstić information content (AvgIpc) is 3.21. The van der Waals surface area contributed by atoms with Crippen LogP contribution >= 0.6 is 47.1 Å². The van der Waals surface area contributed by atoms with E-state index in [1.807, 2.05) is 18.4 Å². The second kappa shape index (κ2) is 11.7. The molecule has 27 heavy (non-hydrogen) atoms. The molecule has 0 aliphatic carbocycles.